The molecule has 3 aromatic carbocycles. The number of hydrazone groups is 1. The maximum atomic E-state index is 12.6. The van der Waals surface area contributed by atoms with Crippen molar-refractivity contribution in [3.63, 3.8) is 0 Å². The summed E-state index contributed by atoms with van der Waals surface area (Å²) in [4.78, 5) is 12.6. The number of benzene rings is 3. The molecular weight excluding hydrogens is 461 g/mol. The van der Waals surface area contributed by atoms with E-state index in [-0.39, 0.29) is 5.91 Å². The first-order valence-corrected chi connectivity index (χ1v) is 10.8. The molecule has 0 aliphatic heterocycles. The Kier molecular flexibility index (Phi) is 6.87. The van der Waals surface area contributed by atoms with Crippen LogP contribution >= 0.6 is 23.2 Å². The number of nitrogens with zero attached hydrogens (tertiary/aromatic N) is 2. The van der Waals surface area contributed by atoms with Gasteiger partial charge < -0.3 is 14.0 Å². The molecule has 0 spiro atoms. The Hall–Kier alpha value is -3.48. The van der Waals surface area contributed by atoms with Gasteiger partial charge in [-0.3, -0.25) is 4.79 Å². The highest BCUT2D eigenvalue weighted by Gasteiger charge is 2.11. The fourth-order valence-electron chi connectivity index (χ4n) is 3.51. The molecule has 4 aromatic rings. The second kappa shape index (κ2) is 9.98. The van der Waals surface area contributed by atoms with Gasteiger partial charge in [0.15, 0.2) is 0 Å². The summed E-state index contributed by atoms with van der Waals surface area (Å²) in [6, 6.07) is 18.5. The van der Waals surface area contributed by atoms with Gasteiger partial charge in [0.25, 0.3) is 5.91 Å². The van der Waals surface area contributed by atoms with E-state index >= 15 is 0 Å². The van der Waals surface area contributed by atoms with E-state index in [0.717, 1.165) is 22.0 Å². The third kappa shape index (κ3) is 5.13. The normalized spacial score (nSPS) is 11.2. The van der Waals surface area contributed by atoms with Crippen molar-refractivity contribution in [3.8, 4) is 11.5 Å². The molecule has 0 aliphatic carbocycles. The van der Waals surface area contributed by atoms with E-state index in [4.69, 9.17) is 32.7 Å². The van der Waals surface area contributed by atoms with Gasteiger partial charge in [0.05, 0.1) is 30.5 Å². The molecule has 4 rings (SSSR count). The van der Waals surface area contributed by atoms with Crippen LogP contribution in [0, 0.1) is 0 Å². The van der Waals surface area contributed by atoms with Crippen LogP contribution < -0.4 is 14.9 Å². The van der Waals surface area contributed by atoms with Gasteiger partial charge in [0.2, 0.25) is 0 Å². The number of hydrogen-bond acceptors (Lipinski definition) is 4. The van der Waals surface area contributed by atoms with Gasteiger partial charge in [-0.1, -0.05) is 47.5 Å². The van der Waals surface area contributed by atoms with Crippen LogP contribution in [-0.4, -0.2) is 30.9 Å². The zero-order chi connectivity index (χ0) is 23.4. The summed E-state index contributed by atoms with van der Waals surface area (Å²) < 4.78 is 12.5. The lowest BCUT2D eigenvalue weighted by molar-refractivity contribution is 0.0954. The van der Waals surface area contributed by atoms with E-state index in [9.17, 15) is 4.79 Å². The number of carbonyl (C=O) groups is 1. The topological polar surface area (TPSA) is 64.8 Å². The molecule has 168 valence electrons. The first-order chi connectivity index (χ1) is 16.0. The third-order valence-corrected chi connectivity index (χ3v) is 5.88. The fraction of sp³-hybridized carbons (Fsp3) is 0.120. The molecule has 0 fully saturated rings. The summed E-state index contributed by atoms with van der Waals surface area (Å²) >= 11 is 12.2. The van der Waals surface area contributed by atoms with Crippen LogP contribution in [0.15, 0.2) is 72.0 Å². The Labute approximate surface area is 201 Å². The number of para-hydroxylation sites is 1. The number of halogens is 2. The Morgan fingerprint density at radius 1 is 1.00 bits per heavy atom. The number of hydrogen-bond donors (Lipinski definition) is 1. The number of methoxy groups -OCH3 is 2. The molecule has 8 heteroatoms. The number of carbonyl (C=O) groups excluding carboxylic acids is 1. The summed E-state index contributed by atoms with van der Waals surface area (Å²) in [6.45, 7) is 0.612. The summed E-state index contributed by atoms with van der Waals surface area (Å²) in [6.07, 6.45) is 3.61. The molecule has 0 atom stereocenters. The Morgan fingerprint density at radius 2 is 1.73 bits per heavy atom. The average molecular weight is 482 g/mol. The number of rotatable bonds is 7. The molecule has 0 aliphatic rings. The largest absolute Gasteiger partial charge is 0.497 e. The first-order valence-electron chi connectivity index (χ1n) is 10.1. The van der Waals surface area contributed by atoms with Crippen molar-refractivity contribution in [1.82, 2.24) is 9.99 Å². The minimum Gasteiger partial charge on any atom is -0.497 e. The van der Waals surface area contributed by atoms with Crippen LogP contribution in [-0.2, 0) is 6.54 Å². The molecule has 0 unspecified atom stereocenters. The van der Waals surface area contributed by atoms with Gasteiger partial charge in [-0.25, -0.2) is 5.43 Å². The van der Waals surface area contributed by atoms with Crippen LogP contribution in [0.4, 0.5) is 0 Å². The van der Waals surface area contributed by atoms with E-state index in [0.29, 0.717) is 33.7 Å². The first kappa shape index (κ1) is 22.7. The molecule has 1 N–H and O–H groups in total. The minimum atomic E-state index is -0.372. The number of aromatic nitrogens is 1. The van der Waals surface area contributed by atoms with Gasteiger partial charge in [0.1, 0.15) is 11.5 Å². The van der Waals surface area contributed by atoms with Crippen molar-refractivity contribution in [2.45, 2.75) is 6.54 Å². The van der Waals surface area contributed by atoms with E-state index in [2.05, 4.69) is 15.1 Å². The maximum absolute atomic E-state index is 12.6. The number of nitrogens with one attached hydrogen (secondary N) is 1. The SMILES string of the molecule is COc1cc(OC)cc(C(=O)N/N=C\c2cn(Cc3ccc(Cl)c(Cl)c3)c3ccccc23)c1. The number of fused-ring (bicyclic) bond motifs is 1. The Bertz CT molecular complexity index is 1330. The van der Waals surface area contributed by atoms with Crippen LogP contribution in [0.1, 0.15) is 21.5 Å². The highest BCUT2D eigenvalue weighted by Crippen LogP contribution is 2.26. The van der Waals surface area contributed by atoms with Crippen molar-refractivity contribution in [2.75, 3.05) is 14.2 Å². The number of amides is 1. The predicted molar refractivity (Wildman–Crippen MR) is 132 cm³/mol. The molecule has 0 bridgehead atoms. The van der Waals surface area contributed by atoms with Crippen LogP contribution in [0.25, 0.3) is 10.9 Å². The Morgan fingerprint density at radius 3 is 2.42 bits per heavy atom. The predicted octanol–water partition coefficient (Wildman–Crippen LogP) is 5.78. The highest BCUT2D eigenvalue weighted by molar-refractivity contribution is 6.42. The summed E-state index contributed by atoms with van der Waals surface area (Å²) in [5.74, 6) is 0.672. The standard InChI is InChI=1S/C25H21Cl2N3O3/c1-32-19-10-17(11-20(12-19)33-2)25(31)29-28-13-18-15-30(24-6-4-3-5-21(18)24)14-16-7-8-22(26)23(27)9-16/h3-13,15H,14H2,1-2H3,(H,29,31)/b28-13-. The summed E-state index contributed by atoms with van der Waals surface area (Å²) in [5, 5.41) is 6.22. The van der Waals surface area contributed by atoms with Gasteiger partial charge in [-0.2, -0.15) is 5.10 Å². The second-order valence-corrected chi connectivity index (χ2v) is 8.09. The lowest BCUT2D eigenvalue weighted by Gasteiger charge is -2.07. The molecule has 1 amide bonds. The van der Waals surface area contributed by atoms with Crippen molar-refractivity contribution in [2.24, 2.45) is 5.10 Å². The van der Waals surface area contributed by atoms with Gasteiger partial charge >= 0.3 is 0 Å². The molecule has 33 heavy (non-hydrogen) atoms. The van der Waals surface area contributed by atoms with E-state index in [1.807, 2.05) is 42.6 Å². The molecular formula is C25H21Cl2N3O3. The highest BCUT2D eigenvalue weighted by atomic mass is 35.5. The molecule has 0 saturated carbocycles. The minimum absolute atomic E-state index is 0.372. The molecule has 0 saturated heterocycles. The quantitative estimate of drug-likeness (QED) is 0.268. The summed E-state index contributed by atoms with van der Waals surface area (Å²) in [7, 11) is 3.06. The van der Waals surface area contributed by atoms with E-state index in [1.165, 1.54) is 14.2 Å². The third-order valence-electron chi connectivity index (χ3n) is 5.14. The smallest absolute Gasteiger partial charge is 0.271 e. The zero-order valence-electron chi connectivity index (χ0n) is 18.0. The molecule has 1 heterocycles. The van der Waals surface area contributed by atoms with E-state index in [1.54, 1.807) is 30.5 Å². The van der Waals surface area contributed by atoms with Crippen molar-refractivity contribution in [1.29, 1.82) is 0 Å². The monoisotopic (exact) mass is 481 g/mol. The molecule has 6 nitrogen and oxygen atoms in total. The fourth-order valence-corrected chi connectivity index (χ4v) is 3.83. The van der Waals surface area contributed by atoms with Crippen LogP contribution in [0.5, 0.6) is 11.5 Å². The zero-order valence-corrected chi connectivity index (χ0v) is 19.5. The summed E-state index contributed by atoms with van der Waals surface area (Å²) in [5.41, 5.74) is 5.87. The van der Waals surface area contributed by atoms with Crippen molar-refractivity contribution in [3.05, 3.63) is 93.6 Å². The van der Waals surface area contributed by atoms with Gasteiger partial charge in [-0.05, 0) is 35.9 Å². The molecule has 0 radical (unpaired) electrons. The van der Waals surface area contributed by atoms with Gasteiger partial charge in [0, 0.05) is 40.8 Å². The average Bonchev–Trinajstić information content (AvgIpc) is 3.18. The lowest BCUT2D eigenvalue weighted by Crippen LogP contribution is -2.17. The maximum Gasteiger partial charge on any atom is 0.271 e. The number of ether oxygens (including phenoxy) is 2. The van der Waals surface area contributed by atoms with Gasteiger partial charge in [-0.15, -0.1) is 0 Å². The van der Waals surface area contributed by atoms with Crippen molar-refractivity contribution < 1.29 is 14.3 Å². The van der Waals surface area contributed by atoms with Crippen LogP contribution in [0.2, 0.25) is 10.0 Å². The Balaban J connectivity index is 1.56. The second-order valence-electron chi connectivity index (χ2n) is 7.28. The van der Waals surface area contributed by atoms with E-state index < -0.39 is 0 Å². The van der Waals surface area contributed by atoms with Crippen LogP contribution in [0.3, 0.4) is 0 Å². The van der Waals surface area contributed by atoms with Crippen molar-refractivity contribution >= 4 is 46.2 Å². The lowest BCUT2D eigenvalue weighted by atomic mass is 10.2. The molecule has 1 aromatic heterocycles.